The average Bonchev–Trinajstić information content (AvgIpc) is 2.35. The fraction of sp³-hybridized carbons (Fsp3) is 0.545. The Labute approximate surface area is 96.3 Å². The van der Waals surface area contributed by atoms with E-state index >= 15 is 0 Å². The predicted molar refractivity (Wildman–Crippen MR) is 64.2 cm³/mol. The van der Waals surface area contributed by atoms with Gasteiger partial charge in [0.1, 0.15) is 18.0 Å². The van der Waals surface area contributed by atoms with Crippen LogP contribution in [0.1, 0.15) is 19.8 Å². The zero-order chi connectivity index (χ0) is 12.0. The monoisotopic (exact) mass is 219 g/mol. The first kappa shape index (κ1) is 12.2. The number of unbranched alkanes of at least 4 members (excludes halogenated alkanes) is 1. The summed E-state index contributed by atoms with van der Waals surface area (Å²) in [5.41, 5.74) is 0. The van der Waals surface area contributed by atoms with E-state index in [1.807, 2.05) is 19.3 Å². The fourth-order valence-corrected chi connectivity index (χ4v) is 1.29. The highest BCUT2D eigenvalue weighted by atomic mass is 15.2. The largest absolute Gasteiger partial charge is 0.360 e. The third-order valence-electron chi connectivity index (χ3n) is 2.37. The number of hydrogen-bond acceptors (Lipinski definition) is 5. The fourth-order valence-electron chi connectivity index (χ4n) is 1.29. The summed E-state index contributed by atoms with van der Waals surface area (Å²) in [5, 5.41) is 8.76. The van der Waals surface area contributed by atoms with Gasteiger partial charge in [0, 0.05) is 26.7 Å². The minimum absolute atomic E-state index is 0.621. The normalized spacial score (nSPS) is 9.62. The lowest BCUT2D eigenvalue weighted by Gasteiger charge is -2.18. The van der Waals surface area contributed by atoms with Crippen LogP contribution in [0.2, 0.25) is 0 Å². The highest BCUT2D eigenvalue weighted by Crippen LogP contribution is 2.15. The van der Waals surface area contributed by atoms with Crippen molar-refractivity contribution >= 4 is 11.6 Å². The molecule has 0 aliphatic heterocycles. The van der Waals surface area contributed by atoms with E-state index in [-0.39, 0.29) is 0 Å². The Morgan fingerprint density at radius 3 is 2.62 bits per heavy atom. The molecule has 0 unspecified atom stereocenters. The minimum Gasteiger partial charge on any atom is -0.360 e. The van der Waals surface area contributed by atoms with Crippen molar-refractivity contribution in [2.45, 2.75) is 19.8 Å². The van der Waals surface area contributed by atoms with Gasteiger partial charge in [0.25, 0.3) is 0 Å². The third kappa shape index (κ3) is 3.09. The van der Waals surface area contributed by atoms with Gasteiger partial charge >= 0.3 is 0 Å². The molecule has 0 radical (unpaired) electrons. The van der Waals surface area contributed by atoms with E-state index in [9.17, 15) is 0 Å². The van der Waals surface area contributed by atoms with Crippen LogP contribution in [0.5, 0.6) is 0 Å². The summed E-state index contributed by atoms with van der Waals surface area (Å²) in [7, 11) is 3.67. The average molecular weight is 219 g/mol. The summed E-state index contributed by atoms with van der Waals surface area (Å²) in [4.78, 5) is 11.7. The molecule has 0 saturated heterocycles. The molecule has 5 nitrogen and oxygen atoms in total. The van der Waals surface area contributed by atoms with Crippen molar-refractivity contribution in [2.75, 3.05) is 30.4 Å². The molecule has 0 N–H and O–H groups in total. The number of nitriles is 1. The van der Waals surface area contributed by atoms with Crippen LogP contribution in [0.25, 0.3) is 0 Å². The first-order chi connectivity index (χ1) is 7.69. The van der Waals surface area contributed by atoms with Gasteiger partial charge in [-0.25, -0.2) is 9.97 Å². The van der Waals surface area contributed by atoms with Crippen LogP contribution in [0.15, 0.2) is 12.4 Å². The van der Waals surface area contributed by atoms with E-state index in [0.29, 0.717) is 5.82 Å². The van der Waals surface area contributed by atoms with Crippen LogP contribution in [0, 0.1) is 11.5 Å². The molecule has 1 heterocycles. The Morgan fingerprint density at radius 2 is 2.00 bits per heavy atom. The highest BCUT2D eigenvalue weighted by Gasteiger charge is 2.06. The van der Waals surface area contributed by atoms with Gasteiger partial charge in [-0.1, -0.05) is 13.3 Å². The molecule has 0 spiro atoms. The van der Waals surface area contributed by atoms with E-state index in [2.05, 4.69) is 21.8 Å². The zero-order valence-electron chi connectivity index (χ0n) is 10.0. The molecule has 0 aliphatic rings. The molecule has 0 aliphatic carbocycles. The molecule has 1 aromatic rings. The second-order valence-electron chi connectivity index (χ2n) is 3.67. The van der Waals surface area contributed by atoms with Gasteiger partial charge in [-0.3, -0.25) is 4.90 Å². The summed E-state index contributed by atoms with van der Waals surface area (Å²) < 4.78 is 0. The predicted octanol–water partition coefficient (Wildman–Crippen LogP) is 1.63. The van der Waals surface area contributed by atoms with E-state index in [1.165, 1.54) is 11.2 Å². The molecule has 86 valence electrons. The van der Waals surface area contributed by atoms with Crippen molar-refractivity contribution in [3.05, 3.63) is 12.4 Å². The van der Waals surface area contributed by atoms with Crippen LogP contribution in [-0.4, -0.2) is 30.6 Å². The number of aromatic nitrogens is 2. The van der Waals surface area contributed by atoms with Gasteiger partial charge in [0.05, 0.1) is 0 Å². The van der Waals surface area contributed by atoms with E-state index in [0.717, 1.165) is 25.2 Å². The maximum atomic E-state index is 8.76. The Bertz CT molecular complexity index is 371. The van der Waals surface area contributed by atoms with Gasteiger partial charge in [0.15, 0.2) is 6.19 Å². The number of rotatable bonds is 5. The minimum atomic E-state index is 0.621. The van der Waals surface area contributed by atoms with Crippen molar-refractivity contribution in [1.82, 2.24) is 9.97 Å². The Kier molecular flexibility index (Phi) is 4.52. The topological polar surface area (TPSA) is 56.0 Å². The van der Waals surface area contributed by atoms with Crippen LogP contribution >= 0.6 is 0 Å². The van der Waals surface area contributed by atoms with Crippen molar-refractivity contribution in [1.29, 1.82) is 5.26 Å². The molecule has 1 rings (SSSR count). The van der Waals surface area contributed by atoms with Gasteiger partial charge in [-0.15, -0.1) is 0 Å². The lowest BCUT2D eigenvalue weighted by atomic mass is 10.3. The van der Waals surface area contributed by atoms with Crippen LogP contribution in [0.4, 0.5) is 11.6 Å². The SMILES string of the molecule is CCCCN(C)c1cc(N(C)C#N)ncn1. The molecular formula is C11H17N5. The van der Waals surface area contributed by atoms with Gasteiger partial charge in [-0.05, 0) is 6.42 Å². The molecule has 0 fully saturated rings. The Hall–Kier alpha value is -1.83. The lowest BCUT2D eigenvalue weighted by Crippen LogP contribution is -2.20. The van der Waals surface area contributed by atoms with Gasteiger partial charge in [-0.2, -0.15) is 5.26 Å². The molecule has 0 bridgehead atoms. The maximum Gasteiger partial charge on any atom is 0.185 e. The molecule has 0 aromatic carbocycles. The molecule has 0 atom stereocenters. The zero-order valence-corrected chi connectivity index (χ0v) is 10.0. The summed E-state index contributed by atoms with van der Waals surface area (Å²) in [5.74, 6) is 1.47. The number of hydrogen-bond donors (Lipinski definition) is 0. The molecular weight excluding hydrogens is 202 g/mol. The first-order valence-corrected chi connectivity index (χ1v) is 5.35. The van der Waals surface area contributed by atoms with Gasteiger partial charge in [0.2, 0.25) is 0 Å². The van der Waals surface area contributed by atoms with Crippen molar-refractivity contribution in [2.24, 2.45) is 0 Å². The first-order valence-electron chi connectivity index (χ1n) is 5.35. The third-order valence-corrected chi connectivity index (χ3v) is 2.37. The Balaban J connectivity index is 2.78. The smallest absolute Gasteiger partial charge is 0.185 e. The van der Waals surface area contributed by atoms with Gasteiger partial charge < -0.3 is 4.90 Å². The summed E-state index contributed by atoms with van der Waals surface area (Å²) in [6.07, 6.45) is 5.78. The Morgan fingerprint density at radius 1 is 1.31 bits per heavy atom. The number of nitrogens with zero attached hydrogens (tertiary/aromatic N) is 5. The van der Waals surface area contributed by atoms with E-state index < -0.39 is 0 Å². The molecule has 0 saturated carbocycles. The molecule has 1 aromatic heterocycles. The van der Waals surface area contributed by atoms with Crippen LogP contribution in [-0.2, 0) is 0 Å². The van der Waals surface area contributed by atoms with Crippen LogP contribution in [0.3, 0.4) is 0 Å². The molecule has 5 heteroatoms. The second-order valence-corrected chi connectivity index (χ2v) is 3.67. The molecule has 16 heavy (non-hydrogen) atoms. The van der Waals surface area contributed by atoms with Crippen molar-refractivity contribution < 1.29 is 0 Å². The summed E-state index contributed by atoms with van der Waals surface area (Å²) in [6, 6.07) is 1.82. The van der Waals surface area contributed by atoms with Crippen LogP contribution < -0.4 is 9.80 Å². The number of anilines is 2. The van der Waals surface area contributed by atoms with E-state index in [4.69, 9.17) is 5.26 Å². The summed E-state index contributed by atoms with van der Waals surface area (Å²) >= 11 is 0. The van der Waals surface area contributed by atoms with Crippen molar-refractivity contribution in [3.63, 3.8) is 0 Å². The second kappa shape index (κ2) is 5.91. The lowest BCUT2D eigenvalue weighted by molar-refractivity contribution is 0.758. The molecule has 0 amide bonds. The quantitative estimate of drug-likeness (QED) is 0.556. The standard InChI is InChI=1S/C11H17N5/c1-4-5-6-15(2)10-7-11(14-9-13-10)16(3)8-12/h7,9H,4-6H2,1-3H3. The summed E-state index contributed by atoms with van der Waals surface area (Å²) in [6.45, 7) is 3.12. The van der Waals surface area contributed by atoms with Crippen molar-refractivity contribution in [3.8, 4) is 6.19 Å². The maximum absolute atomic E-state index is 8.76. The van der Waals surface area contributed by atoms with E-state index in [1.54, 1.807) is 7.05 Å². The highest BCUT2D eigenvalue weighted by molar-refractivity contribution is 5.51.